The molecule has 1 heterocycles. The Morgan fingerprint density at radius 3 is 2.18 bits per heavy atom. The van der Waals surface area contributed by atoms with E-state index in [9.17, 15) is 4.79 Å². The topological polar surface area (TPSA) is 67.2 Å². The van der Waals surface area contributed by atoms with Gasteiger partial charge in [-0.15, -0.1) is 0 Å². The predicted molar refractivity (Wildman–Crippen MR) is 119 cm³/mol. The number of benzene rings is 2. The minimum atomic E-state index is -0.170. The fourth-order valence-corrected chi connectivity index (χ4v) is 3.75. The van der Waals surface area contributed by atoms with Gasteiger partial charge in [-0.2, -0.15) is 0 Å². The van der Waals surface area contributed by atoms with Crippen LogP contribution in [0.2, 0.25) is 5.02 Å². The Hall–Kier alpha value is -2.04. The standard InChI is InChI=1S/C17H17ClN2O.C6H15N/c1-2-11-12-5-3-4-6-13(12)16(20-17(11)21)10-7-8-14(18)15(19)9-10;1-5(2)7-6(3)4/h3-9,11,16H,2,19H2,1H3,(H,20,21);5-7H,1-4H3. The van der Waals surface area contributed by atoms with E-state index in [4.69, 9.17) is 17.3 Å². The highest BCUT2D eigenvalue weighted by Gasteiger charge is 2.32. The van der Waals surface area contributed by atoms with Crippen molar-refractivity contribution in [3.05, 3.63) is 64.2 Å². The summed E-state index contributed by atoms with van der Waals surface area (Å²) < 4.78 is 0. The summed E-state index contributed by atoms with van der Waals surface area (Å²) >= 11 is 5.98. The zero-order chi connectivity index (χ0) is 20.8. The number of amides is 1. The molecule has 3 rings (SSSR count). The summed E-state index contributed by atoms with van der Waals surface area (Å²) in [4.78, 5) is 12.4. The van der Waals surface area contributed by atoms with Crippen LogP contribution in [-0.4, -0.2) is 18.0 Å². The molecule has 0 fully saturated rings. The molecule has 1 amide bonds. The Morgan fingerprint density at radius 1 is 1.07 bits per heavy atom. The van der Waals surface area contributed by atoms with Crippen molar-refractivity contribution in [2.45, 2.75) is 65.1 Å². The molecule has 2 atom stereocenters. The van der Waals surface area contributed by atoms with Gasteiger partial charge in [-0.1, -0.05) is 76.6 Å². The van der Waals surface area contributed by atoms with Crippen molar-refractivity contribution in [3.8, 4) is 0 Å². The van der Waals surface area contributed by atoms with Crippen LogP contribution in [0.5, 0.6) is 0 Å². The van der Waals surface area contributed by atoms with E-state index in [1.165, 1.54) is 0 Å². The molecule has 28 heavy (non-hydrogen) atoms. The highest BCUT2D eigenvalue weighted by Crippen LogP contribution is 2.37. The Bertz CT molecular complexity index is 798. The first-order chi connectivity index (χ1) is 13.2. The second-order valence-electron chi connectivity index (χ2n) is 7.79. The SMILES string of the molecule is CC(C)NC(C)C.CCC1C(=O)NC(c2ccc(Cl)c(N)c2)c2ccccc21. The van der Waals surface area contributed by atoms with Gasteiger partial charge in [0.2, 0.25) is 5.91 Å². The largest absolute Gasteiger partial charge is 0.398 e. The molecule has 0 aromatic heterocycles. The Kier molecular flexibility index (Phi) is 7.90. The molecule has 152 valence electrons. The zero-order valence-corrected chi connectivity index (χ0v) is 18.2. The van der Waals surface area contributed by atoms with Crippen LogP contribution in [0.1, 0.15) is 69.7 Å². The quantitative estimate of drug-likeness (QED) is 0.629. The average Bonchev–Trinajstić information content (AvgIpc) is 2.63. The fraction of sp³-hybridized carbons (Fsp3) is 0.435. The third-order valence-corrected chi connectivity index (χ3v) is 5.06. The molecule has 4 nitrogen and oxygen atoms in total. The first kappa shape index (κ1) is 22.3. The van der Waals surface area contributed by atoms with Crippen molar-refractivity contribution in [2.24, 2.45) is 0 Å². The molecule has 2 unspecified atom stereocenters. The van der Waals surface area contributed by atoms with Gasteiger partial charge in [-0.25, -0.2) is 0 Å². The number of anilines is 1. The first-order valence-electron chi connectivity index (χ1n) is 9.94. The van der Waals surface area contributed by atoms with E-state index in [-0.39, 0.29) is 17.9 Å². The van der Waals surface area contributed by atoms with Crippen molar-refractivity contribution < 1.29 is 4.79 Å². The Balaban J connectivity index is 0.000000345. The molecule has 0 saturated heterocycles. The van der Waals surface area contributed by atoms with Gasteiger partial charge in [0.25, 0.3) is 0 Å². The van der Waals surface area contributed by atoms with Crippen LogP contribution < -0.4 is 16.4 Å². The maximum Gasteiger partial charge on any atom is 0.228 e. The van der Waals surface area contributed by atoms with Crippen LogP contribution in [0, 0.1) is 0 Å². The van der Waals surface area contributed by atoms with E-state index in [0.29, 0.717) is 22.8 Å². The lowest BCUT2D eigenvalue weighted by Crippen LogP contribution is -2.38. The molecule has 4 N–H and O–H groups in total. The molecule has 0 saturated carbocycles. The molecule has 1 aliphatic rings. The van der Waals surface area contributed by atoms with Gasteiger partial charge in [0, 0.05) is 12.1 Å². The summed E-state index contributed by atoms with van der Waals surface area (Å²) in [6, 6.07) is 14.7. The number of fused-ring (bicyclic) bond motifs is 1. The molecule has 0 radical (unpaired) electrons. The van der Waals surface area contributed by atoms with Gasteiger partial charge in [0.05, 0.1) is 22.7 Å². The molecule has 2 aromatic rings. The fourth-order valence-electron chi connectivity index (χ4n) is 3.63. The van der Waals surface area contributed by atoms with Crippen LogP contribution in [0.3, 0.4) is 0 Å². The number of carbonyl (C=O) groups is 1. The summed E-state index contributed by atoms with van der Waals surface area (Å²) in [6.45, 7) is 10.6. The average molecular weight is 402 g/mol. The molecular formula is C23H32ClN3O. The zero-order valence-electron chi connectivity index (χ0n) is 17.4. The number of hydrogen-bond acceptors (Lipinski definition) is 3. The maximum atomic E-state index is 12.4. The highest BCUT2D eigenvalue weighted by molar-refractivity contribution is 6.33. The number of nitrogens with one attached hydrogen (secondary N) is 2. The monoisotopic (exact) mass is 401 g/mol. The molecule has 0 aliphatic carbocycles. The molecule has 2 aromatic carbocycles. The van der Waals surface area contributed by atoms with E-state index in [1.54, 1.807) is 6.07 Å². The number of hydrogen-bond donors (Lipinski definition) is 3. The molecule has 0 spiro atoms. The minimum Gasteiger partial charge on any atom is -0.398 e. The van der Waals surface area contributed by atoms with Crippen molar-refractivity contribution in [1.29, 1.82) is 0 Å². The number of nitrogen functional groups attached to an aromatic ring is 1. The summed E-state index contributed by atoms with van der Waals surface area (Å²) in [7, 11) is 0. The van der Waals surface area contributed by atoms with Crippen LogP contribution >= 0.6 is 11.6 Å². The molecule has 1 aliphatic heterocycles. The van der Waals surface area contributed by atoms with Gasteiger partial charge in [0.1, 0.15) is 0 Å². The van der Waals surface area contributed by atoms with Crippen molar-refractivity contribution in [3.63, 3.8) is 0 Å². The van der Waals surface area contributed by atoms with Crippen LogP contribution in [0.25, 0.3) is 0 Å². The lowest BCUT2D eigenvalue weighted by atomic mass is 9.82. The lowest BCUT2D eigenvalue weighted by Gasteiger charge is -2.32. The third kappa shape index (κ3) is 5.49. The van der Waals surface area contributed by atoms with Crippen LogP contribution in [0.15, 0.2) is 42.5 Å². The van der Waals surface area contributed by atoms with Gasteiger partial charge in [0.15, 0.2) is 0 Å². The smallest absolute Gasteiger partial charge is 0.228 e. The van der Waals surface area contributed by atoms with Gasteiger partial charge in [-0.3, -0.25) is 4.79 Å². The van der Waals surface area contributed by atoms with E-state index < -0.39 is 0 Å². The van der Waals surface area contributed by atoms with Crippen LogP contribution in [0.4, 0.5) is 5.69 Å². The van der Waals surface area contributed by atoms with E-state index in [0.717, 1.165) is 23.1 Å². The summed E-state index contributed by atoms with van der Waals surface area (Å²) in [5, 5.41) is 6.93. The van der Waals surface area contributed by atoms with Crippen molar-refractivity contribution in [2.75, 3.05) is 5.73 Å². The summed E-state index contributed by atoms with van der Waals surface area (Å²) in [5.41, 5.74) is 9.60. The summed E-state index contributed by atoms with van der Waals surface area (Å²) in [6.07, 6.45) is 0.790. The van der Waals surface area contributed by atoms with E-state index >= 15 is 0 Å². The molecule has 0 bridgehead atoms. The number of halogens is 1. The second-order valence-corrected chi connectivity index (χ2v) is 8.20. The predicted octanol–water partition coefficient (Wildman–Crippen LogP) is 5.03. The Morgan fingerprint density at radius 2 is 1.68 bits per heavy atom. The van der Waals surface area contributed by atoms with Gasteiger partial charge in [-0.05, 0) is 35.2 Å². The van der Waals surface area contributed by atoms with Gasteiger partial charge >= 0.3 is 0 Å². The van der Waals surface area contributed by atoms with Gasteiger partial charge < -0.3 is 16.4 Å². The van der Waals surface area contributed by atoms with Crippen molar-refractivity contribution in [1.82, 2.24) is 10.6 Å². The Labute approximate surface area is 173 Å². The normalized spacial score (nSPS) is 18.4. The third-order valence-electron chi connectivity index (χ3n) is 4.71. The molecule has 5 heteroatoms. The lowest BCUT2D eigenvalue weighted by molar-refractivity contribution is -0.123. The second kappa shape index (κ2) is 9.94. The maximum absolute atomic E-state index is 12.4. The molecular weight excluding hydrogens is 370 g/mol. The number of rotatable bonds is 4. The van der Waals surface area contributed by atoms with Crippen molar-refractivity contribution >= 4 is 23.2 Å². The van der Waals surface area contributed by atoms with E-state index in [1.807, 2.05) is 37.3 Å². The highest BCUT2D eigenvalue weighted by atomic mass is 35.5. The number of carbonyl (C=O) groups excluding carboxylic acids is 1. The van der Waals surface area contributed by atoms with E-state index in [2.05, 4.69) is 44.4 Å². The van der Waals surface area contributed by atoms with Crippen LogP contribution in [-0.2, 0) is 4.79 Å². The first-order valence-corrected chi connectivity index (χ1v) is 10.3. The number of nitrogens with two attached hydrogens (primary N) is 1. The minimum absolute atomic E-state index is 0.0646. The summed E-state index contributed by atoms with van der Waals surface area (Å²) in [5.74, 6) is -0.0168.